The zero-order valence-electron chi connectivity index (χ0n) is 8.46. The first-order valence-corrected chi connectivity index (χ1v) is 4.46. The van der Waals surface area contributed by atoms with Crippen LogP contribution in [0.2, 0.25) is 0 Å². The molecule has 0 fully saturated rings. The maximum absolute atomic E-state index is 10.7. The highest BCUT2D eigenvalue weighted by Gasteiger charge is 2.10. The molecule has 1 aromatic carbocycles. The summed E-state index contributed by atoms with van der Waals surface area (Å²) in [5.41, 5.74) is 6.01. The van der Waals surface area contributed by atoms with Gasteiger partial charge in [-0.2, -0.15) is 0 Å². The molecule has 0 spiro atoms. The van der Waals surface area contributed by atoms with E-state index in [0.717, 1.165) is 0 Å². The van der Waals surface area contributed by atoms with Gasteiger partial charge in [0.05, 0.1) is 12.2 Å². The molecule has 6 heteroatoms. The van der Waals surface area contributed by atoms with Gasteiger partial charge >= 0.3 is 5.97 Å². The van der Waals surface area contributed by atoms with Crippen molar-refractivity contribution in [1.29, 1.82) is 0 Å². The van der Waals surface area contributed by atoms with Crippen molar-refractivity contribution in [3.05, 3.63) is 29.3 Å². The van der Waals surface area contributed by atoms with Gasteiger partial charge in [-0.1, -0.05) is 0 Å². The molecule has 0 bridgehead atoms. The Labute approximate surface area is 98.9 Å². The van der Waals surface area contributed by atoms with E-state index in [9.17, 15) is 9.90 Å². The second-order valence-corrected chi connectivity index (χ2v) is 3.30. The van der Waals surface area contributed by atoms with Crippen molar-refractivity contribution in [2.24, 2.45) is 5.73 Å². The van der Waals surface area contributed by atoms with Gasteiger partial charge in [-0.3, -0.25) is 0 Å². The van der Waals surface area contributed by atoms with E-state index in [0.29, 0.717) is 5.56 Å². The molecule has 0 aliphatic rings. The summed E-state index contributed by atoms with van der Waals surface area (Å²) in [5, 5.41) is 26.9. The van der Waals surface area contributed by atoms with Crippen molar-refractivity contribution in [3.63, 3.8) is 0 Å². The van der Waals surface area contributed by atoms with E-state index in [1.807, 2.05) is 0 Å². The summed E-state index contributed by atoms with van der Waals surface area (Å²) in [4.78, 5) is 10.7. The lowest BCUT2D eigenvalue weighted by Crippen LogP contribution is -2.26. The van der Waals surface area contributed by atoms with E-state index >= 15 is 0 Å². The van der Waals surface area contributed by atoms with Crippen LogP contribution in [0.15, 0.2) is 18.2 Å². The summed E-state index contributed by atoms with van der Waals surface area (Å²) in [6, 6.07) is 3.47. The van der Waals surface area contributed by atoms with Gasteiger partial charge < -0.3 is 21.1 Å². The van der Waals surface area contributed by atoms with Crippen LogP contribution in [0.4, 0.5) is 0 Å². The van der Waals surface area contributed by atoms with Crippen LogP contribution in [0.25, 0.3) is 0 Å². The van der Waals surface area contributed by atoms with E-state index in [-0.39, 0.29) is 36.7 Å². The predicted molar refractivity (Wildman–Crippen MR) is 61.1 cm³/mol. The Morgan fingerprint density at radius 2 is 2.06 bits per heavy atom. The van der Waals surface area contributed by atoms with Crippen LogP contribution < -0.4 is 5.73 Å². The van der Waals surface area contributed by atoms with Crippen molar-refractivity contribution in [2.45, 2.75) is 12.5 Å². The molecule has 16 heavy (non-hydrogen) atoms. The molecule has 1 atom stereocenters. The number of carboxylic acids is 1. The largest absolute Gasteiger partial charge is 0.508 e. The number of rotatable bonds is 4. The van der Waals surface area contributed by atoms with Gasteiger partial charge in [0.2, 0.25) is 0 Å². The molecular formula is C10H14ClNO4. The molecule has 1 unspecified atom stereocenters. The maximum Gasteiger partial charge on any atom is 0.335 e. The number of hydrogen-bond acceptors (Lipinski definition) is 4. The van der Waals surface area contributed by atoms with Crippen LogP contribution in [0.1, 0.15) is 15.9 Å². The molecule has 1 aromatic rings. The zero-order chi connectivity index (χ0) is 11.4. The van der Waals surface area contributed by atoms with Crippen molar-refractivity contribution in [2.75, 3.05) is 6.61 Å². The number of hydrogen-bond donors (Lipinski definition) is 4. The van der Waals surface area contributed by atoms with Crippen LogP contribution in [0.3, 0.4) is 0 Å². The molecule has 0 aliphatic heterocycles. The minimum absolute atomic E-state index is 0. The fraction of sp³-hybridized carbons (Fsp3) is 0.300. The van der Waals surface area contributed by atoms with E-state index in [1.54, 1.807) is 0 Å². The molecule has 0 radical (unpaired) electrons. The molecule has 0 aromatic heterocycles. The SMILES string of the molecule is Cl.NC(CO)Cc1cc(C(=O)O)ccc1O. The highest BCUT2D eigenvalue weighted by Crippen LogP contribution is 2.19. The number of aromatic carboxylic acids is 1. The lowest BCUT2D eigenvalue weighted by Gasteiger charge is -2.10. The lowest BCUT2D eigenvalue weighted by atomic mass is 10.0. The summed E-state index contributed by atoms with van der Waals surface area (Å²) in [6.07, 6.45) is 0.240. The minimum Gasteiger partial charge on any atom is -0.508 e. The Kier molecular flexibility index (Phi) is 5.81. The summed E-state index contributed by atoms with van der Waals surface area (Å²) in [6.45, 7) is -0.212. The van der Waals surface area contributed by atoms with Gasteiger partial charge in [-0.25, -0.2) is 4.79 Å². The van der Waals surface area contributed by atoms with E-state index in [2.05, 4.69) is 0 Å². The summed E-state index contributed by atoms with van der Waals surface area (Å²) in [7, 11) is 0. The Hall–Kier alpha value is -1.30. The Morgan fingerprint density at radius 1 is 1.44 bits per heavy atom. The van der Waals surface area contributed by atoms with Crippen LogP contribution in [-0.2, 0) is 6.42 Å². The lowest BCUT2D eigenvalue weighted by molar-refractivity contribution is 0.0696. The van der Waals surface area contributed by atoms with Gasteiger partial charge in [-0.05, 0) is 30.2 Å². The van der Waals surface area contributed by atoms with Gasteiger partial charge in [-0.15, -0.1) is 12.4 Å². The number of carboxylic acid groups (broad SMARTS) is 1. The van der Waals surface area contributed by atoms with Crippen molar-refractivity contribution in [3.8, 4) is 5.75 Å². The molecule has 5 N–H and O–H groups in total. The maximum atomic E-state index is 10.7. The molecule has 5 nitrogen and oxygen atoms in total. The molecular weight excluding hydrogens is 234 g/mol. The number of halogens is 1. The third-order valence-corrected chi connectivity index (χ3v) is 2.04. The fourth-order valence-corrected chi connectivity index (χ4v) is 1.23. The molecule has 0 heterocycles. The van der Waals surface area contributed by atoms with Crippen LogP contribution in [0.5, 0.6) is 5.75 Å². The van der Waals surface area contributed by atoms with Crippen molar-refractivity contribution in [1.82, 2.24) is 0 Å². The van der Waals surface area contributed by atoms with Gasteiger partial charge in [0.15, 0.2) is 0 Å². The quantitative estimate of drug-likeness (QED) is 0.616. The normalized spacial score (nSPS) is 11.6. The first-order chi connectivity index (χ1) is 7.04. The number of aliphatic hydroxyl groups is 1. The number of phenolic OH excluding ortho intramolecular Hbond substituents is 1. The number of aromatic hydroxyl groups is 1. The fourth-order valence-electron chi connectivity index (χ4n) is 1.23. The number of aliphatic hydroxyl groups excluding tert-OH is 1. The standard InChI is InChI=1S/C10H13NO4.ClH/c11-8(5-12)4-7-3-6(10(14)15)1-2-9(7)13;/h1-3,8,12-13H,4-5,11H2,(H,14,15);1H. The first kappa shape index (κ1) is 14.7. The van der Waals surface area contributed by atoms with E-state index in [4.69, 9.17) is 15.9 Å². The highest BCUT2D eigenvalue weighted by atomic mass is 35.5. The average molecular weight is 248 g/mol. The number of benzene rings is 1. The molecule has 0 saturated carbocycles. The summed E-state index contributed by atoms with van der Waals surface area (Å²) >= 11 is 0. The third-order valence-electron chi connectivity index (χ3n) is 2.04. The highest BCUT2D eigenvalue weighted by molar-refractivity contribution is 5.88. The monoisotopic (exact) mass is 247 g/mol. The molecule has 0 aliphatic carbocycles. The number of nitrogens with two attached hydrogens (primary N) is 1. The van der Waals surface area contributed by atoms with Crippen molar-refractivity contribution >= 4 is 18.4 Å². The smallest absolute Gasteiger partial charge is 0.335 e. The Balaban J connectivity index is 0.00000225. The molecule has 0 amide bonds. The average Bonchev–Trinajstić information content (AvgIpc) is 2.20. The van der Waals surface area contributed by atoms with Gasteiger partial charge in [0, 0.05) is 6.04 Å². The molecule has 0 saturated heterocycles. The first-order valence-electron chi connectivity index (χ1n) is 4.46. The van der Waals surface area contributed by atoms with Crippen LogP contribution >= 0.6 is 12.4 Å². The third kappa shape index (κ3) is 3.69. The van der Waals surface area contributed by atoms with E-state index in [1.165, 1.54) is 18.2 Å². The zero-order valence-corrected chi connectivity index (χ0v) is 9.28. The topological polar surface area (TPSA) is 104 Å². The number of carbonyl (C=O) groups is 1. The minimum atomic E-state index is -1.06. The second-order valence-electron chi connectivity index (χ2n) is 3.30. The molecule has 1 rings (SSSR count). The Morgan fingerprint density at radius 3 is 2.56 bits per heavy atom. The molecule has 90 valence electrons. The summed E-state index contributed by atoms with van der Waals surface area (Å²) in [5.74, 6) is -1.07. The summed E-state index contributed by atoms with van der Waals surface area (Å²) < 4.78 is 0. The van der Waals surface area contributed by atoms with Crippen LogP contribution in [0, 0.1) is 0 Å². The Bertz CT molecular complexity index is 370. The van der Waals surface area contributed by atoms with Gasteiger partial charge in [0.25, 0.3) is 0 Å². The van der Waals surface area contributed by atoms with E-state index < -0.39 is 12.0 Å². The van der Waals surface area contributed by atoms with Gasteiger partial charge in [0.1, 0.15) is 5.75 Å². The predicted octanol–water partition coefficient (Wildman–Crippen LogP) is 0.374. The second kappa shape index (κ2) is 6.32. The van der Waals surface area contributed by atoms with Crippen LogP contribution in [-0.4, -0.2) is 33.9 Å². The number of phenols is 1. The van der Waals surface area contributed by atoms with Crippen molar-refractivity contribution < 1.29 is 20.1 Å².